The number of thiophene rings is 1. The number of nitrogens with zero attached hydrogens (tertiary/aromatic N) is 4. The van der Waals surface area contributed by atoms with Gasteiger partial charge in [0.2, 0.25) is 0 Å². The van der Waals surface area contributed by atoms with E-state index >= 15 is 0 Å². The average molecular weight is 485 g/mol. The maximum Gasteiger partial charge on any atom is 0.264 e. The van der Waals surface area contributed by atoms with E-state index in [1.807, 2.05) is 6.92 Å². The first-order valence-corrected chi connectivity index (χ1v) is 12.5. The van der Waals surface area contributed by atoms with Crippen LogP contribution in [0.15, 0.2) is 29.1 Å². The fraction of sp³-hybridized carbons (Fsp3) is 0.417. The predicted octanol–water partition coefficient (Wildman–Crippen LogP) is 3.74. The topological polar surface area (TPSA) is 75.5 Å². The van der Waals surface area contributed by atoms with E-state index in [0.29, 0.717) is 58.4 Å². The normalized spacial score (nSPS) is 16.5. The van der Waals surface area contributed by atoms with Crippen LogP contribution in [-0.4, -0.2) is 57.3 Å². The van der Waals surface area contributed by atoms with Crippen molar-refractivity contribution in [1.82, 2.24) is 19.4 Å². The third kappa shape index (κ3) is 4.06. The highest BCUT2D eigenvalue weighted by Gasteiger charge is 2.29. The molecule has 4 heterocycles. The number of carbonyl (C=O) groups excluding carboxylic acids is 2. The summed E-state index contributed by atoms with van der Waals surface area (Å²) in [6.45, 7) is 4.38. The number of benzene rings is 1. The maximum atomic E-state index is 13.3. The van der Waals surface area contributed by atoms with Crippen molar-refractivity contribution in [3.05, 3.63) is 61.5 Å². The molecule has 0 aliphatic carbocycles. The van der Waals surface area contributed by atoms with E-state index < -0.39 is 0 Å². The van der Waals surface area contributed by atoms with Gasteiger partial charge in [0.15, 0.2) is 0 Å². The molecule has 0 saturated carbocycles. The molecule has 2 aliphatic rings. The Morgan fingerprint density at radius 3 is 2.30 bits per heavy atom. The van der Waals surface area contributed by atoms with Gasteiger partial charge in [-0.1, -0.05) is 18.0 Å². The quantitative estimate of drug-likeness (QED) is 0.555. The van der Waals surface area contributed by atoms with Crippen molar-refractivity contribution in [2.75, 3.05) is 26.2 Å². The summed E-state index contributed by atoms with van der Waals surface area (Å²) in [6, 6.07) is 6.84. The van der Waals surface area contributed by atoms with Gasteiger partial charge in [0.25, 0.3) is 17.4 Å². The molecular formula is C24H25ClN4O3S. The molecule has 9 heteroatoms. The highest BCUT2D eigenvalue weighted by molar-refractivity contribution is 7.20. The van der Waals surface area contributed by atoms with Gasteiger partial charge in [0.1, 0.15) is 10.7 Å². The molecule has 0 N–H and O–H groups in total. The lowest BCUT2D eigenvalue weighted by atomic mass is 10.1. The van der Waals surface area contributed by atoms with Crippen molar-refractivity contribution in [3.63, 3.8) is 0 Å². The molecule has 3 aromatic rings. The van der Waals surface area contributed by atoms with Crippen LogP contribution in [0.5, 0.6) is 0 Å². The number of carbonyl (C=O) groups is 2. The molecule has 0 bridgehead atoms. The average Bonchev–Trinajstić information content (AvgIpc) is 2.99. The summed E-state index contributed by atoms with van der Waals surface area (Å²) in [7, 11) is 0. The number of rotatable bonds is 2. The van der Waals surface area contributed by atoms with Crippen LogP contribution in [0, 0.1) is 6.92 Å². The number of amides is 2. The van der Waals surface area contributed by atoms with Crippen molar-refractivity contribution in [1.29, 1.82) is 0 Å². The third-order valence-corrected chi connectivity index (χ3v) is 7.98. The first-order chi connectivity index (χ1) is 15.9. The minimum absolute atomic E-state index is 0.0249. The van der Waals surface area contributed by atoms with Gasteiger partial charge >= 0.3 is 0 Å². The van der Waals surface area contributed by atoms with Crippen LogP contribution in [0.2, 0.25) is 5.02 Å². The largest absolute Gasteiger partial charge is 0.335 e. The van der Waals surface area contributed by atoms with E-state index in [2.05, 4.69) is 0 Å². The Bertz CT molecular complexity index is 1290. The van der Waals surface area contributed by atoms with Gasteiger partial charge in [-0.2, -0.15) is 0 Å². The van der Waals surface area contributed by atoms with Crippen molar-refractivity contribution in [2.24, 2.45) is 0 Å². The summed E-state index contributed by atoms with van der Waals surface area (Å²) in [5, 5.41) is 1.16. The summed E-state index contributed by atoms with van der Waals surface area (Å²) in [5.74, 6) is 0.684. The van der Waals surface area contributed by atoms with Crippen molar-refractivity contribution in [3.8, 4) is 0 Å². The van der Waals surface area contributed by atoms with Gasteiger partial charge < -0.3 is 9.80 Å². The number of halogens is 1. The maximum absolute atomic E-state index is 13.3. The summed E-state index contributed by atoms with van der Waals surface area (Å²) in [4.78, 5) is 48.8. The monoisotopic (exact) mass is 484 g/mol. The van der Waals surface area contributed by atoms with Gasteiger partial charge in [-0.3, -0.25) is 19.0 Å². The van der Waals surface area contributed by atoms with E-state index in [-0.39, 0.29) is 17.4 Å². The Morgan fingerprint density at radius 2 is 1.61 bits per heavy atom. The van der Waals surface area contributed by atoms with Crippen LogP contribution < -0.4 is 5.56 Å². The highest BCUT2D eigenvalue weighted by Crippen LogP contribution is 2.30. The van der Waals surface area contributed by atoms with Crippen molar-refractivity contribution in [2.45, 2.75) is 39.2 Å². The van der Waals surface area contributed by atoms with Gasteiger partial charge in [0.05, 0.1) is 10.3 Å². The molecule has 1 fully saturated rings. The van der Waals surface area contributed by atoms with E-state index in [9.17, 15) is 14.4 Å². The lowest BCUT2D eigenvalue weighted by Gasteiger charge is -2.34. The summed E-state index contributed by atoms with van der Waals surface area (Å²) >= 11 is 7.23. The minimum atomic E-state index is -0.0892. The SMILES string of the molecule is Cc1c(C(=O)N2CCN(C(=O)c3ccc(Cl)cc3)CC2)sc2nc3n(c(=O)c12)CCCCC3. The lowest BCUT2D eigenvalue weighted by molar-refractivity contribution is 0.0538. The summed E-state index contributed by atoms with van der Waals surface area (Å²) in [5.41, 5.74) is 1.28. The number of aromatic nitrogens is 2. The van der Waals surface area contributed by atoms with Gasteiger partial charge in [-0.05, 0) is 49.6 Å². The molecule has 0 atom stereocenters. The molecule has 0 unspecified atom stereocenters. The molecule has 0 spiro atoms. The van der Waals surface area contributed by atoms with Crippen LogP contribution in [0.1, 0.15) is 50.7 Å². The second-order valence-corrected chi connectivity index (χ2v) is 10.1. The third-order valence-electron chi connectivity index (χ3n) is 6.55. The summed E-state index contributed by atoms with van der Waals surface area (Å²) in [6.07, 6.45) is 3.92. The molecule has 5 rings (SSSR count). The molecule has 2 amide bonds. The Hall–Kier alpha value is -2.71. The van der Waals surface area contributed by atoms with Crippen molar-refractivity contribution >= 4 is 45.0 Å². The number of fused-ring (bicyclic) bond motifs is 2. The van der Waals surface area contributed by atoms with Crippen LogP contribution in [0.25, 0.3) is 10.2 Å². The number of piperazine rings is 1. The van der Waals surface area contributed by atoms with Crippen LogP contribution in [0.4, 0.5) is 0 Å². The minimum Gasteiger partial charge on any atom is -0.335 e. The Labute approximate surface area is 200 Å². The number of hydrogen-bond acceptors (Lipinski definition) is 5. The van der Waals surface area contributed by atoms with E-state index in [4.69, 9.17) is 16.6 Å². The van der Waals surface area contributed by atoms with Gasteiger partial charge in [-0.15, -0.1) is 11.3 Å². The standard InChI is InChI=1S/C24H25ClN4O3S/c1-15-19-21(26-18-5-3-2-4-10-29(18)23(19)31)33-20(15)24(32)28-13-11-27(12-14-28)22(30)16-6-8-17(25)9-7-16/h6-9H,2-5,10-14H2,1H3. The summed E-state index contributed by atoms with van der Waals surface area (Å²) < 4.78 is 1.80. The second kappa shape index (κ2) is 8.91. The molecule has 2 aliphatic heterocycles. The van der Waals surface area contributed by atoms with Crippen LogP contribution >= 0.6 is 22.9 Å². The van der Waals surface area contributed by atoms with E-state index in [0.717, 1.165) is 37.1 Å². The fourth-order valence-corrected chi connectivity index (χ4v) is 5.93. The highest BCUT2D eigenvalue weighted by atomic mass is 35.5. The molecule has 1 saturated heterocycles. The first kappa shape index (κ1) is 22.1. The molecule has 1 aromatic carbocycles. The van der Waals surface area contributed by atoms with Crippen molar-refractivity contribution < 1.29 is 9.59 Å². The second-order valence-electron chi connectivity index (χ2n) is 8.62. The van der Waals surface area contributed by atoms with Gasteiger partial charge in [0, 0.05) is 49.7 Å². The molecule has 172 valence electrons. The van der Waals surface area contributed by atoms with Crippen LogP contribution in [-0.2, 0) is 13.0 Å². The van der Waals surface area contributed by atoms with E-state index in [1.54, 1.807) is 38.6 Å². The number of aryl methyl sites for hydroxylation is 2. The zero-order chi connectivity index (χ0) is 23.1. The molecule has 0 radical (unpaired) electrons. The fourth-order valence-electron chi connectivity index (χ4n) is 4.65. The first-order valence-electron chi connectivity index (χ1n) is 11.3. The lowest BCUT2D eigenvalue weighted by Crippen LogP contribution is -2.50. The molecule has 2 aromatic heterocycles. The number of hydrogen-bond donors (Lipinski definition) is 0. The Balaban J connectivity index is 1.35. The Morgan fingerprint density at radius 1 is 0.939 bits per heavy atom. The molecule has 7 nitrogen and oxygen atoms in total. The zero-order valence-electron chi connectivity index (χ0n) is 18.5. The van der Waals surface area contributed by atoms with E-state index in [1.165, 1.54) is 11.3 Å². The molecular weight excluding hydrogens is 460 g/mol. The van der Waals surface area contributed by atoms with Crippen LogP contribution in [0.3, 0.4) is 0 Å². The zero-order valence-corrected chi connectivity index (χ0v) is 20.0. The van der Waals surface area contributed by atoms with Gasteiger partial charge in [-0.25, -0.2) is 4.98 Å². The predicted molar refractivity (Wildman–Crippen MR) is 129 cm³/mol. The smallest absolute Gasteiger partial charge is 0.264 e. The molecule has 33 heavy (non-hydrogen) atoms. The Kier molecular flexibility index (Phi) is 5.97.